The number of nitro groups is 1. The van der Waals surface area contributed by atoms with E-state index in [0.29, 0.717) is 18.9 Å². The van der Waals surface area contributed by atoms with Crippen molar-refractivity contribution in [3.8, 4) is 0 Å². The molecule has 8 heteroatoms. The van der Waals surface area contributed by atoms with Crippen LogP contribution < -0.4 is 5.32 Å². The van der Waals surface area contributed by atoms with Crippen molar-refractivity contribution in [2.24, 2.45) is 0 Å². The van der Waals surface area contributed by atoms with Gasteiger partial charge in [0.2, 0.25) is 0 Å². The first kappa shape index (κ1) is 16.5. The maximum atomic E-state index is 13.0. The molecule has 1 amide bonds. The first-order chi connectivity index (χ1) is 9.85. The minimum absolute atomic E-state index is 0.283. The molecule has 0 aromatic heterocycles. The molecule has 1 atom stereocenters. The molecule has 2 N–H and O–H groups in total. The van der Waals surface area contributed by atoms with Crippen molar-refractivity contribution in [2.45, 2.75) is 32.2 Å². The number of nitro benzene ring substituents is 1. The highest BCUT2D eigenvalue weighted by Gasteiger charge is 2.23. The molecule has 0 heterocycles. The minimum Gasteiger partial charge on any atom is -0.481 e. The highest BCUT2D eigenvalue weighted by atomic mass is 19.1. The molecule has 0 aliphatic carbocycles. The quantitative estimate of drug-likeness (QED) is 0.591. The van der Waals surface area contributed by atoms with Crippen molar-refractivity contribution in [1.82, 2.24) is 5.32 Å². The van der Waals surface area contributed by atoms with Crippen LogP contribution in [0.2, 0.25) is 0 Å². The third-order valence-electron chi connectivity index (χ3n) is 2.79. The summed E-state index contributed by atoms with van der Waals surface area (Å²) in [5, 5.41) is 22.0. The van der Waals surface area contributed by atoms with Crippen molar-refractivity contribution in [3.05, 3.63) is 39.7 Å². The van der Waals surface area contributed by atoms with Gasteiger partial charge in [-0.15, -0.1) is 0 Å². The zero-order valence-electron chi connectivity index (χ0n) is 11.3. The fourth-order valence-corrected chi connectivity index (χ4v) is 1.90. The number of halogens is 1. The van der Waals surface area contributed by atoms with E-state index in [0.717, 1.165) is 12.1 Å². The zero-order valence-corrected chi connectivity index (χ0v) is 11.3. The Morgan fingerprint density at radius 2 is 2.14 bits per heavy atom. The molecule has 1 unspecified atom stereocenters. The number of carboxylic acid groups (broad SMARTS) is 1. The molecular weight excluding hydrogens is 283 g/mol. The second-order valence-corrected chi connectivity index (χ2v) is 4.48. The van der Waals surface area contributed by atoms with E-state index in [-0.39, 0.29) is 12.0 Å². The first-order valence-corrected chi connectivity index (χ1v) is 6.31. The largest absolute Gasteiger partial charge is 0.481 e. The predicted octanol–water partition coefficient (Wildman–Crippen LogP) is 2.11. The highest BCUT2D eigenvalue weighted by Crippen LogP contribution is 2.20. The molecule has 0 aliphatic rings. The summed E-state index contributed by atoms with van der Waals surface area (Å²) in [5.74, 6) is -2.70. The van der Waals surface area contributed by atoms with Crippen molar-refractivity contribution in [1.29, 1.82) is 0 Å². The van der Waals surface area contributed by atoms with E-state index in [1.165, 1.54) is 0 Å². The summed E-state index contributed by atoms with van der Waals surface area (Å²) in [5.41, 5.74) is -0.953. The summed E-state index contributed by atoms with van der Waals surface area (Å²) in [6, 6.07) is 1.96. The molecule has 1 rings (SSSR count). The maximum Gasteiger partial charge on any atom is 0.305 e. The minimum atomic E-state index is -1.08. The van der Waals surface area contributed by atoms with Gasteiger partial charge in [-0.05, 0) is 18.6 Å². The normalized spacial score (nSPS) is 11.7. The fourth-order valence-electron chi connectivity index (χ4n) is 1.90. The number of hydrogen-bond donors (Lipinski definition) is 2. The second-order valence-electron chi connectivity index (χ2n) is 4.48. The molecule has 0 bridgehead atoms. The van der Waals surface area contributed by atoms with Gasteiger partial charge in [-0.2, -0.15) is 0 Å². The van der Waals surface area contributed by atoms with E-state index in [1.807, 2.05) is 6.92 Å². The molecule has 1 aromatic rings. The molecule has 114 valence electrons. The summed E-state index contributed by atoms with van der Waals surface area (Å²) in [7, 11) is 0. The van der Waals surface area contributed by atoms with Gasteiger partial charge in [-0.3, -0.25) is 19.7 Å². The lowest BCUT2D eigenvalue weighted by molar-refractivity contribution is -0.385. The molecule has 7 nitrogen and oxygen atoms in total. The lowest BCUT2D eigenvalue weighted by atomic mass is 10.1. The SMILES string of the molecule is CCCC(CC(=O)O)NC(=O)c1ccc(F)cc1[N+](=O)[O-]. The molecule has 0 spiro atoms. The van der Waals surface area contributed by atoms with E-state index in [2.05, 4.69) is 5.32 Å². The van der Waals surface area contributed by atoms with Gasteiger partial charge in [0.05, 0.1) is 17.4 Å². The summed E-state index contributed by atoms with van der Waals surface area (Å²) in [6.45, 7) is 1.82. The summed E-state index contributed by atoms with van der Waals surface area (Å²) in [4.78, 5) is 32.7. The van der Waals surface area contributed by atoms with E-state index >= 15 is 0 Å². The number of carbonyl (C=O) groups excluding carboxylic acids is 1. The number of carboxylic acids is 1. The van der Waals surface area contributed by atoms with Gasteiger partial charge in [0.15, 0.2) is 0 Å². The van der Waals surface area contributed by atoms with E-state index in [9.17, 15) is 24.1 Å². The van der Waals surface area contributed by atoms with Crippen LogP contribution in [0.4, 0.5) is 10.1 Å². The third-order valence-corrected chi connectivity index (χ3v) is 2.79. The van der Waals surface area contributed by atoms with Gasteiger partial charge in [0.1, 0.15) is 11.4 Å². The van der Waals surface area contributed by atoms with Crippen LogP contribution in [0.15, 0.2) is 18.2 Å². The lowest BCUT2D eigenvalue weighted by Crippen LogP contribution is -2.36. The monoisotopic (exact) mass is 298 g/mol. The predicted molar refractivity (Wildman–Crippen MR) is 71.5 cm³/mol. The molecule has 0 saturated carbocycles. The van der Waals surface area contributed by atoms with Crippen molar-refractivity contribution in [2.75, 3.05) is 0 Å². The Labute approximate surface area is 119 Å². The van der Waals surface area contributed by atoms with Gasteiger partial charge < -0.3 is 10.4 Å². The second kappa shape index (κ2) is 7.32. The van der Waals surface area contributed by atoms with Crippen molar-refractivity contribution in [3.63, 3.8) is 0 Å². The molecule has 21 heavy (non-hydrogen) atoms. The summed E-state index contributed by atoms with van der Waals surface area (Å²) < 4.78 is 13.0. The maximum absolute atomic E-state index is 13.0. The highest BCUT2D eigenvalue weighted by molar-refractivity contribution is 5.98. The molecule has 1 aromatic carbocycles. The van der Waals surface area contributed by atoms with E-state index in [4.69, 9.17) is 5.11 Å². The van der Waals surface area contributed by atoms with Gasteiger partial charge in [-0.25, -0.2) is 4.39 Å². The molecular formula is C13H15FN2O5. The van der Waals surface area contributed by atoms with E-state index < -0.39 is 34.3 Å². The average Bonchev–Trinajstić information content (AvgIpc) is 2.37. The fraction of sp³-hybridized carbons (Fsp3) is 0.385. The molecule has 0 radical (unpaired) electrons. The number of carbonyl (C=O) groups is 2. The van der Waals surface area contributed by atoms with Crippen LogP contribution in [0.25, 0.3) is 0 Å². The standard InChI is InChI=1S/C13H15FN2O5/c1-2-3-9(7-12(17)18)15-13(19)10-5-4-8(14)6-11(10)16(20)21/h4-6,9H,2-3,7H2,1H3,(H,15,19)(H,17,18). The van der Waals surface area contributed by atoms with Gasteiger partial charge >= 0.3 is 5.97 Å². The topological polar surface area (TPSA) is 110 Å². The number of aliphatic carboxylic acids is 1. The first-order valence-electron chi connectivity index (χ1n) is 6.31. The smallest absolute Gasteiger partial charge is 0.305 e. The Kier molecular flexibility index (Phi) is 5.77. The van der Waals surface area contributed by atoms with Crippen molar-refractivity contribution >= 4 is 17.6 Å². The number of amides is 1. The van der Waals surface area contributed by atoms with Gasteiger partial charge in [0.25, 0.3) is 11.6 Å². The Bertz CT molecular complexity index is 561. The van der Waals surface area contributed by atoms with Crippen LogP contribution >= 0.6 is 0 Å². The number of nitrogens with one attached hydrogen (secondary N) is 1. The zero-order chi connectivity index (χ0) is 16.0. The van der Waals surface area contributed by atoms with Gasteiger partial charge in [-0.1, -0.05) is 13.3 Å². The lowest BCUT2D eigenvalue weighted by Gasteiger charge is -2.16. The molecule has 0 fully saturated rings. The summed E-state index contributed by atoms with van der Waals surface area (Å²) in [6.07, 6.45) is 0.783. The van der Waals surface area contributed by atoms with Crippen molar-refractivity contribution < 1.29 is 24.0 Å². The Morgan fingerprint density at radius 3 is 2.67 bits per heavy atom. The third kappa shape index (κ3) is 4.83. The Balaban J connectivity index is 2.96. The van der Waals surface area contributed by atoms with Crippen LogP contribution in [0.1, 0.15) is 36.5 Å². The summed E-state index contributed by atoms with van der Waals surface area (Å²) >= 11 is 0. The molecule has 0 saturated heterocycles. The van der Waals surface area contributed by atoms with Crippen LogP contribution in [-0.2, 0) is 4.79 Å². The van der Waals surface area contributed by atoms with Crippen LogP contribution in [0.5, 0.6) is 0 Å². The average molecular weight is 298 g/mol. The Morgan fingerprint density at radius 1 is 1.48 bits per heavy atom. The number of rotatable bonds is 7. The Hall–Kier alpha value is -2.51. The van der Waals surface area contributed by atoms with Gasteiger partial charge in [0, 0.05) is 6.04 Å². The number of hydrogen-bond acceptors (Lipinski definition) is 4. The van der Waals surface area contributed by atoms with E-state index in [1.54, 1.807) is 0 Å². The van der Waals surface area contributed by atoms with Crippen LogP contribution in [0, 0.1) is 15.9 Å². The number of benzene rings is 1. The van der Waals surface area contributed by atoms with Crippen LogP contribution in [0.3, 0.4) is 0 Å². The number of nitrogens with zero attached hydrogens (tertiary/aromatic N) is 1. The molecule has 0 aliphatic heterocycles. The van der Waals surface area contributed by atoms with Crippen LogP contribution in [-0.4, -0.2) is 27.9 Å².